The monoisotopic (exact) mass is 307 g/mol. The average molecular weight is 308 g/mol. The molecule has 21 heavy (non-hydrogen) atoms. The number of aromatic nitrogens is 1. The van der Waals surface area contributed by atoms with Crippen molar-refractivity contribution in [3.63, 3.8) is 0 Å². The van der Waals surface area contributed by atoms with Gasteiger partial charge in [-0.15, -0.1) is 0 Å². The van der Waals surface area contributed by atoms with Crippen molar-refractivity contribution in [1.29, 1.82) is 0 Å². The fraction of sp³-hybridized carbons (Fsp3) is 0.706. The zero-order valence-corrected chi connectivity index (χ0v) is 14.9. The molecule has 0 aromatic carbocycles. The van der Waals surface area contributed by atoms with Crippen molar-refractivity contribution in [3.8, 4) is 0 Å². The third kappa shape index (κ3) is 4.89. The number of pyridine rings is 1. The van der Waals surface area contributed by atoms with Crippen LogP contribution >= 0.6 is 11.8 Å². The van der Waals surface area contributed by atoms with Crippen molar-refractivity contribution < 1.29 is 0 Å². The summed E-state index contributed by atoms with van der Waals surface area (Å²) in [6.45, 7) is 15.5. The Labute approximate surface area is 133 Å². The van der Waals surface area contributed by atoms with E-state index in [1.807, 2.05) is 6.20 Å². The fourth-order valence-corrected chi connectivity index (χ4v) is 3.83. The predicted octanol–water partition coefficient (Wildman–Crippen LogP) is 3.47. The first-order chi connectivity index (χ1) is 9.87. The average Bonchev–Trinajstić information content (AvgIpc) is 2.39. The van der Waals surface area contributed by atoms with E-state index in [0.717, 1.165) is 31.9 Å². The Morgan fingerprint density at radius 2 is 2.19 bits per heavy atom. The van der Waals surface area contributed by atoms with Crippen LogP contribution in [-0.2, 0) is 6.54 Å². The summed E-state index contributed by atoms with van der Waals surface area (Å²) in [4.78, 5) is 7.04. The van der Waals surface area contributed by atoms with Gasteiger partial charge in [0.2, 0.25) is 0 Å². The molecule has 4 heteroatoms. The number of nitrogens with one attached hydrogen (secondary N) is 1. The molecule has 2 heterocycles. The Hall–Kier alpha value is -0.740. The van der Waals surface area contributed by atoms with Gasteiger partial charge >= 0.3 is 0 Å². The van der Waals surface area contributed by atoms with E-state index in [4.69, 9.17) is 0 Å². The molecule has 0 atom stereocenters. The zero-order valence-electron chi connectivity index (χ0n) is 14.1. The lowest BCUT2D eigenvalue weighted by atomic mass is 10.1. The van der Waals surface area contributed by atoms with E-state index in [1.54, 1.807) is 0 Å². The molecule has 1 aliphatic heterocycles. The fourth-order valence-electron chi connectivity index (χ4n) is 2.72. The van der Waals surface area contributed by atoms with E-state index in [1.165, 1.54) is 17.0 Å². The lowest BCUT2D eigenvalue weighted by molar-refractivity contribution is 0.550. The van der Waals surface area contributed by atoms with Crippen molar-refractivity contribution in [2.24, 2.45) is 5.92 Å². The maximum atomic E-state index is 4.50. The van der Waals surface area contributed by atoms with Gasteiger partial charge in [-0.1, -0.05) is 13.8 Å². The van der Waals surface area contributed by atoms with Crippen molar-refractivity contribution in [1.82, 2.24) is 10.3 Å². The number of hydrogen-bond donors (Lipinski definition) is 1. The summed E-state index contributed by atoms with van der Waals surface area (Å²) >= 11 is 2.08. The van der Waals surface area contributed by atoms with Gasteiger partial charge in [-0.05, 0) is 39.3 Å². The SMILES string of the molecule is Cc1cc(N2CCSC(C)(C)C2)c(CNCC(C)C)cn1. The molecule has 1 aromatic rings. The smallest absolute Gasteiger partial charge is 0.0446 e. The molecule has 1 aliphatic rings. The highest BCUT2D eigenvalue weighted by Crippen LogP contribution is 2.33. The van der Waals surface area contributed by atoms with Crippen LogP contribution in [0.15, 0.2) is 12.3 Å². The largest absolute Gasteiger partial charge is 0.369 e. The highest BCUT2D eigenvalue weighted by Gasteiger charge is 2.28. The highest BCUT2D eigenvalue weighted by atomic mass is 32.2. The van der Waals surface area contributed by atoms with Crippen molar-refractivity contribution in [2.45, 2.75) is 45.9 Å². The van der Waals surface area contributed by atoms with Crippen molar-refractivity contribution in [2.75, 3.05) is 30.3 Å². The summed E-state index contributed by atoms with van der Waals surface area (Å²) in [5, 5.41) is 3.55. The van der Waals surface area contributed by atoms with Crippen molar-refractivity contribution in [3.05, 3.63) is 23.5 Å². The Morgan fingerprint density at radius 3 is 2.86 bits per heavy atom. The summed E-state index contributed by atoms with van der Waals surface area (Å²) in [6.07, 6.45) is 2.05. The molecule has 0 radical (unpaired) electrons. The lowest BCUT2D eigenvalue weighted by Gasteiger charge is -2.39. The van der Waals surface area contributed by atoms with Gasteiger partial charge in [-0.2, -0.15) is 11.8 Å². The van der Waals surface area contributed by atoms with E-state index >= 15 is 0 Å². The minimum Gasteiger partial charge on any atom is -0.369 e. The second-order valence-electron chi connectivity index (χ2n) is 7.01. The van der Waals surface area contributed by atoms with Gasteiger partial charge in [0.25, 0.3) is 0 Å². The van der Waals surface area contributed by atoms with Crippen LogP contribution in [0, 0.1) is 12.8 Å². The van der Waals surface area contributed by atoms with Gasteiger partial charge in [0.05, 0.1) is 0 Å². The van der Waals surface area contributed by atoms with Gasteiger partial charge in [-0.25, -0.2) is 0 Å². The minimum atomic E-state index is 0.331. The summed E-state index contributed by atoms with van der Waals surface area (Å²) < 4.78 is 0.331. The molecule has 0 aliphatic carbocycles. The molecule has 3 nitrogen and oxygen atoms in total. The van der Waals surface area contributed by atoms with Crippen molar-refractivity contribution >= 4 is 17.4 Å². The molecule has 0 spiro atoms. The molecule has 1 saturated heterocycles. The van der Waals surface area contributed by atoms with E-state index in [9.17, 15) is 0 Å². The minimum absolute atomic E-state index is 0.331. The molecular formula is C17H29N3S. The lowest BCUT2D eigenvalue weighted by Crippen LogP contribution is -2.43. The molecule has 1 aromatic heterocycles. The first-order valence-corrected chi connectivity index (χ1v) is 8.91. The molecule has 1 N–H and O–H groups in total. The van der Waals surface area contributed by atoms with E-state index in [-0.39, 0.29) is 0 Å². The van der Waals surface area contributed by atoms with Gasteiger partial charge in [0.15, 0.2) is 0 Å². The topological polar surface area (TPSA) is 28.2 Å². The van der Waals surface area contributed by atoms with Crippen LogP contribution in [0.25, 0.3) is 0 Å². The third-order valence-electron chi connectivity index (χ3n) is 3.73. The molecule has 2 rings (SSSR count). The highest BCUT2D eigenvalue weighted by molar-refractivity contribution is 8.00. The predicted molar refractivity (Wildman–Crippen MR) is 94.3 cm³/mol. The van der Waals surface area contributed by atoms with Crippen LogP contribution in [-0.4, -0.2) is 35.1 Å². The molecule has 118 valence electrons. The molecule has 1 fully saturated rings. The number of anilines is 1. The first-order valence-electron chi connectivity index (χ1n) is 7.92. The number of rotatable bonds is 5. The second kappa shape index (κ2) is 7.01. The van der Waals surface area contributed by atoms with Gasteiger partial charge in [0, 0.05) is 53.3 Å². The van der Waals surface area contributed by atoms with Crippen LogP contribution < -0.4 is 10.2 Å². The summed E-state index contributed by atoms with van der Waals surface area (Å²) in [5.74, 6) is 1.88. The quantitative estimate of drug-likeness (QED) is 0.901. The molecule has 0 unspecified atom stereocenters. The molecule has 0 saturated carbocycles. The van der Waals surface area contributed by atoms with Crippen LogP contribution in [0.5, 0.6) is 0 Å². The number of aryl methyl sites for hydroxylation is 1. The maximum absolute atomic E-state index is 4.50. The van der Waals surface area contributed by atoms with Crippen LogP contribution in [0.2, 0.25) is 0 Å². The summed E-state index contributed by atoms with van der Waals surface area (Å²) in [5.41, 5.74) is 3.80. The standard InChI is InChI=1S/C17H29N3S/c1-13(2)9-18-10-15-11-19-14(3)8-16(15)20-6-7-21-17(4,5)12-20/h8,11,13,18H,6-7,9-10,12H2,1-5H3. The maximum Gasteiger partial charge on any atom is 0.0446 e. The first kappa shape index (κ1) is 16.6. The Bertz CT molecular complexity index is 471. The molecule has 0 amide bonds. The summed E-state index contributed by atoms with van der Waals surface area (Å²) in [7, 11) is 0. The Kier molecular flexibility index (Phi) is 5.55. The van der Waals surface area contributed by atoms with Gasteiger partial charge in [0.1, 0.15) is 0 Å². The molecule has 0 bridgehead atoms. The van der Waals surface area contributed by atoms with Crippen LogP contribution in [0.1, 0.15) is 39.0 Å². The van der Waals surface area contributed by atoms with E-state index < -0.39 is 0 Å². The summed E-state index contributed by atoms with van der Waals surface area (Å²) in [6, 6.07) is 2.25. The Morgan fingerprint density at radius 1 is 1.43 bits per heavy atom. The van der Waals surface area contributed by atoms with E-state index in [2.05, 4.69) is 67.6 Å². The van der Waals surface area contributed by atoms with Crippen LogP contribution in [0.4, 0.5) is 5.69 Å². The number of thioether (sulfide) groups is 1. The second-order valence-corrected chi connectivity index (χ2v) is 8.81. The van der Waals surface area contributed by atoms with Gasteiger partial charge < -0.3 is 10.2 Å². The zero-order chi connectivity index (χ0) is 15.5. The van der Waals surface area contributed by atoms with Gasteiger partial charge in [-0.3, -0.25) is 4.98 Å². The Balaban J connectivity index is 2.14. The normalized spacial score (nSPS) is 18.3. The van der Waals surface area contributed by atoms with Crippen LogP contribution in [0.3, 0.4) is 0 Å². The third-order valence-corrected chi connectivity index (χ3v) is 5.03. The van der Waals surface area contributed by atoms with E-state index in [0.29, 0.717) is 10.7 Å². The number of hydrogen-bond acceptors (Lipinski definition) is 4. The number of nitrogens with zero attached hydrogens (tertiary/aromatic N) is 2. The molecular weight excluding hydrogens is 278 g/mol.